The molecule has 3 aromatic rings. The molecule has 0 aliphatic carbocycles. The van der Waals surface area contributed by atoms with Crippen LogP contribution in [-0.2, 0) is 26.4 Å². The lowest BCUT2D eigenvalue weighted by molar-refractivity contribution is 0.806. The normalized spacial score (nSPS) is 13.2. The minimum absolute atomic E-state index is 0.435. The Morgan fingerprint density at radius 1 is 0.778 bits per heavy atom. The van der Waals surface area contributed by atoms with E-state index in [9.17, 15) is 0 Å². The number of hydrogen-bond acceptors (Lipinski definition) is 6. The van der Waals surface area contributed by atoms with Gasteiger partial charge in [0.25, 0.3) is 11.7 Å². The molecule has 0 unspecified atom stereocenters. The number of fused-ring (bicyclic) bond motifs is 8. The summed E-state index contributed by atoms with van der Waals surface area (Å²) in [6.45, 7) is 15.8. The summed E-state index contributed by atoms with van der Waals surface area (Å²) in [4.78, 5) is 19.5. The van der Waals surface area contributed by atoms with Crippen LogP contribution >= 0.6 is 0 Å². The minimum Gasteiger partial charge on any atom is -0.344 e. The summed E-state index contributed by atoms with van der Waals surface area (Å²) in [6, 6.07) is 1.98. The first kappa shape index (κ1) is 24.0. The summed E-state index contributed by atoms with van der Waals surface area (Å²) in [7, 11) is 2.17. The first-order valence-corrected chi connectivity index (χ1v) is 12.9. The molecule has 36 heavy (non-hydrogen) atoms. The number of nitrogens with zero attached hydrogens (tertiary/aromatic N) is 8. The van der Waals surface area contributed by atoms with Crippen LogP contribution in [0.4, 0.5) is 5.95 Å². The lowest BCUT2D eigenvalue weighted by atomic mass is 10.0. The van der Waals surface area contributed by atoms with Gasteiger partial charge in [0.2, 0.25) is 0 Å². The molecule has 8 nitrogen and oxygen atoms in total. The fourth-order valence-electron chi connectivity index (χ4n) is 5.71. The predicted molar refractivity (Wildman–Crippen MR) is 147 cm³/mol. The molecule has 0 saturated heterocycles. The smallest absolute Gasteiger partial charge is 0.254 e. The van der Waals surface area contributed by atoms with Gasteiger partial charge in [-0.05, 0) is 75.3 Å². The van der Waals surface area contributed by atoms with Crippen molar-refractivity contribution < 1.29 is 0 Å². The average molecular weight is 483 g/mol. The van der Waals surface area contributed by atoms with Crippen molar-refractivity contribution in [3.05, 3.63) is 45.4 Å². The van der Waals surface area contributed by atoms with Crippen LogP contribution in [0.2, 0.25) is 0 Å². The Morgan fingerprint density at radius 3 is 2.19 bits per heavy atom. The number of hydrogen-bond donors (Lipinski definition) is 0. The third kappa shape index (κ3) is 3.58. The Bertz CT molecular complexity index is 1610. The van der Waals surface area contributed by atoms with Crippen molar-refractivity contribution in [2.75, 3.05) is 0 Å². The highest BCUT2D eigenvalue weighted by molar-refractivity contribution is 6.04. The molecule has 8 heteroatoms. The van der Waals surface area contributed by atoms with E-state index in [0.29, 0.717) is 18.3 Å². The maximum absolute atomic E-state index is 5.03. The van der Waals surface area contributed by atoms with Crippen molar-refractivity contribution in [3.8, 4) is 0 Å². The molecule has 0 radical (unpaired) electrons. The number of rotatable bonds is 4. The number of aliphatic imine (C=N–C) groups is 1. The van der Waals surface area contributed by atoms with Crippen molar-refractivity contribution >= 4 is 45.8 Å². The largest absolute Gasteiger partial charge is 0.344 e. The minimum atomic E-state index is 0.435. The van der Waals surface area contributed by atoms with Gasteiger partial charge in [-0.1, -0.05) is 20.8 Å². The Kier molecular flexibility index (Phi) is 6.06. The SMILES string of the molecule is CCC1=Nc2nc1c(CC)c1c(CC)c(C)c(c(C)c3nc(cc4nnc(n2)n4CC)C=C3C)n1C. The highest BCUT2D eigenvalue weighted by atomic mass is 15.3. The second kappa shape index (κ2) is 9.08. The van der Waals surface area contributed by atoms with Gasteiger partial charge >= 0.3 is 0 Å². The molecule has 8 bridgehead atoms. The highest BCUT2D eigenvalue weighted by Gasteiger charge is 2.22. The fourth-order valence-corrected chi connectivity index (χ4v) is 5.71. The van der Waals surface area contributed by atoms with E-state index in [2.05, 4.69) is 76.4 Å². The third-order valence-electron chi connectivity index (χ3n) is 7.34. The molecule has 5 rings (SSSR count). The van der Waals surface area contributed by atoms with Gasteiger partial charge in [0.15, 0.2) is 5.65 Å². The van der Waals surface area contributed by atoms with Crippen LogP contribution < -0.4 is 0 Å². The molecule has 186 valence electrons. The topological polar surface area (TPSA) is 86.7 Å². The first-order valence-electron chi connectivity index (χ1n) is 12.9. The van der Waals surface area contributed by atoms with Gasteiger partial charge in [0.1, 0.15) is 0 Å². The maximum Gasteiger partial charge on any atom is 0.254 e. The zero-order valence-electron chi connectivity index (χ0n) is 22.6. The second-order valence-electron chi connectivity index (χ2n) is 9.41. The summed E-state index contributed by atoms with van der Waals surface area (Å²) in [5, 5.41) is 8.77. The molecule has 0 amide bonds. The van der Waals surface area contributed by atoms with Crippen LogP contribution in [-0.4, -0.2) is 40.0 Å². The molecule has 5 heterocycles. The van der Waals surface area contributed by atoms with E-state index in [1.165, 1.54) is 33.3 Å². The molecule has 2 aliphatic heterocycles. The fraction of sp³-hybridized carbons (Fsp3) is 0.429. The molecular weight excluding hydrogens is 448 g/mol. The van der Waals surface area contributed by atoms with E-state index in [1.54, 1.807) is 0 Å². The van der Waals surface area contributed by atoms with Gasteiger partial charge in [-0.15, -0.1) is 10.2 Å². The average Bonchev–Trinajstić information content (AvgIpc) is 3.59. The van der Waals surface area contributed by atoms with Gasteiger partial charge in [0, 0.05) is 36.3 Å². The summed E-state index contributed by atoms with van der Waals surface area (Å²) >= 11 is 0. The van der Waals surface area contributed by atoms with Gasteiger partial charge in [-0.2, -0.15) is 4.98 Å². The van der Waals surface area contributed by atoms with Gasteiger partial charge in [-0.25, -0.2) is 15.0 Å². The van der Waals surface area contributed by atoms with Crippen LogP contribution in [0.5, 0.6) is 0 Å². The molecule has 0 fully saturated rings. The zero-order valence-corrected chi connectivity index (χ0v) is 22.6. The Morgan fingerprint density at radius 2 is 1.53 bits per heavy atom. The maximum atomic E-state index is 5.03. The molecule has 0 N–H and O–H groups in total. The molecule has 3 aromatic heterocycles. The van der Waals surface area contributed by atoms with Gasteiger partial charge in [0.05, 0.1) is 22.8 Å². The molecule has 2 aliphatic rings. The summed E-state index contributed by atoms with van der Waals surface area (Å²) in [5.74, 6) is 0.940. The van der Waals surface area contributed by atoms with E-state index < -0.39 is 0 Å². The number of aromatic nitrogens is 7. The van der Waals surface area contributed by atoms with Gasteiger partial charge < -0.3 is 4.57 Å². The van der Waals surface area contributed by atoms with Crippen molar-refractivity contribution in [2.45, 2.75) is 74.3 Å². The molecule has 0 atom stereocenters. The number of allylic oxidation sites excluding steroid dienone is 1. The van der Waals surface area contributed by atoms with Crippen LogP contribution in [0.3, 0.4) is 0 Å². The predicted octanol–water partition coefficient (Wildman–Crippen LogP) is 5.84. The van der Waals surface area contributed by atoms with E-state index in [-0.39, 0.29) is 0 Å². The second-order valence-corrected chi connectivity index (χ2v) is 9.41. The van der Waals surface area contributed by atoms with Crippen molar-refractivity contribution in [3.63, 3.8) is 0 Å². The lowest BCUT2D eigenvalue weighted by Gasteiger charge is -2.08. The quantitative estimate of drug-likeness (QED) is 0.466. The Balaban J connectivity index is 2.08. The van der Waals surface area contributed by atoms with Crippen molar-refractivity contribution in [1.82, 2.24) is 34.3 Å². The summed E-state index contributed by atoms with van der Waals surface area (Å²) in [5.41, 5.74) is 13.1. The first-order chi connectivity index (χ1) is 17.3. The van der Waals surface area contributed by atoms with Crippen LogP contribution in [0, 0.1) is 13.8 Å². The summed E-state index contributed by atoms with van der Waals surface area (Å²) in [6.07, 6.45) is 4.68. The van der Waals surface area contributed by atoms with Crippen LogP contribution in [0.1, 0.15) is 80.4 Å². The molecule has 0 aromatic carbocycles. The number of aryl methyl sites for hydroxylation is 6. The van der Waals surface area contributed by atoms with E-state index >= 15 is 0 Å². The molecular formula is C28H34N8. The summed E-state index contributed by atoms with van der Waals surface area (Å²) < 4.78 is 4.31. The zero-order chi connectivity index (χ0) is 25.7. The standard InChI is InChI=1S/C28H34N8/c1-9-19-16(6)25-17(7)23-15(5)13-18(29-23)14-22-33-34-28(36(22)12-4)32-27-30-21(11-3)24(31-27)20(10-2)26(19)35(25)8/h13-14H,9-12H2,1-8H3. The lowest BCUT2D eigenvalue weighted by Crippen LogP contribution is -2.04. The monoisotopic (exact) mass is 482 g/mol. The van der Waals surface area contributed by atoms with Crippen molar-refractivity contribution in [1.29, 1.82) is 0 Å². The third-order valence-corrected chi connectivity index (χ3v) is 7.34. The van der Waals surface area contributed by atoms with Crippen molar-refractivity contribution in [2.24, 2.45) is 12.0 Å². The van der Waals surface area contributed by atoms with Crippen LogP contribution in [0.25, 0.3) is 34.1 Å². The highest BCUT2D eigenvalue weighted by Crippen LogP contribution is 2.34. The molecule has 0 spiro atoms. The Hall–Kier alpha value is -3.68. The molecule has 0 saturated carbocycles. The van der Waals surface area contributed by atoms with Gasteiger partial charge in [-0.3, -0.25) is 4.57 Å². The van der Waals surface area contributed by atoms with E-state index in [1.807, 2.05) is 10.6 Å². The Labute approximate surface area is 211 Å². The van der Waals surface area contributed by atoms with E-state index in [4.69, 9.17) is 19.9 Å². The van der Waals surface area contributed by atoms with E-state index in [0.717, 1.165) is 53.3 Å². The van der Waals surface area contributed by atoms with Crippen LogP contribution in [0.15, 0.2) is 11.1 Å².